The molecule has 0 heterocycles. The molecule has 0 fully saturated rings. The Bertz CT molecular complexity index is 6.00. The Morgan fingerprint density at radius 3 is 0.750 bits per heavy atom. The van der Waals surface area contributed by atoms with Gasteiger partial charge in [-0.05, 0) is 0 Å². The summed E-state index contributed by atoms with van der Waals surface area (Å²) < 4.78 is 0. The van der Waals surface area contributed by atoms with Crippen LogP contribution in [0.5, 0.6) is 0 Å². The molecule has 0 aromatic rings. The predicted molar refractivity (Wildman–Crippen MR) is 5.75 cm³/mol. The molecule has 0 aromatic carbocycles. The molecule has 3 radical (unpaired) electrons. The molecule has 0 aromatic heterocycles. The van der Waals surface area contributed by atoms with Crippen molar-refractivity contribution in [3.8, 4) is 0 Å². The molecule has 23 valence electrons. The van der Waals surface area contributed by atoms with E-state index in [2.05, 4.69) is 0 Å². The van der Waals surface area contributed by atoms with E-state index in [9.17, 15) is 0 Å². The number of hydrogen-bond acceptors (Lipinski definition) is 0. The van der Waals surface area contributed by atoms with Crippen LogP contribution < -0.4 is 0 Å². The van der Waals surface area contributed by atoms with Crippen molar-refractivity contribution in [3.63, 3.8) is 0 Å². The molecule has 0 amide bonds. The summed E-state index contributed by atoms with van der Waals surface area (Å²) in [5, 5.41) is 0. The minimum Gasteiger partial charge on any atom is 0 e. The predicted octanol–water partition coefficient (Wildman–Crippen LogP) is -0.386. The Hall–Kier alpha value is 2.45. The second kappa shape index (κ2) is 18.0. The summed E-state index contributed by atoms with van der Waals surface area (Å²) >= 11 is 0. The van der Waals surface area contributed by atoms with Crippen molar-refractivity contribution in [2.75, 3.05) is 0 Å². The average molecular weight is 267 g/mol. The number of rotatable bonds is 0. The second-order valence-electron chi connectivity index (χ2n) is 0. The first kappa shape index (κ1) is 31.9. The van der Waals surface area contributed by atoms with Crippen molar-refractivity contribution in [1.29, 1.82) is 0 Å². The van der Waals surface area contributed by atoms with Gasteiger partial charge in [0.05, 0.1) is 0 Å². The van der Waals surface area contributed by atoms with Crippen LogP contribution in [-0.4, -0.2) is 8.41 Å². The van der Waals surface area contributed by atoms with E-state index < -0.39 is 0 Å². The topological polar surface area (TPSA) is 0 Å². The van der Waals surface area contributed by atoms with E-state index >= 15 is 0 Å². The summed E-state index contributed by atoms with van der Waals surface area (Å²) in [6, 6.07) is 0. The van der Waals surface area contributed by atoms with Gasteiger partial charge in [-0.25, -0.2) is 0 Å². The zero-order valence-corrected chi connectivity index (χ0v) is 7.20. The molecule has 0 rings (SSSR count). The summed E-state index contributed by atoms with van der Waals surface area (Å²) in [5.74, 6) is 0. The maximum Gasteiger partial charge on any atom is 0 e. The first-order valence-electron chi connectivity index (χ1n) is 0. The van der Waals surface area contributed by atoms with Gasteiger partial charge in [0.1, 0.15) is 0 Å². The molecule has 0 saturated carbocycles. The maximum atomic E-state index is 0. The van der Waals surface area contributed by atoms with Crippen LogP contribution in [0.4, 0.5) is 0 Å². The van der Waals surface area contributed by atoms with E-state index in [1.54, 1.807) is 0 Å². The van der Waals surface area contributed by atoms with Crippen LogP contribution in [-0.2, 0) is 34.1 Å². The first-order chi connectivity index (χ1) is 0. The third-order valence-corrected chi connectivity index (χ3v) is 0. The molecule has 0 aliphatic heterocycles. The summed E-state index contributed by atoms with van der Waals surface area (Å²) in [4.78, 5) is 0. The van der Waals surface area contributed by atoms with Crippen LogP contribution in [0, 0.1) is 40.8 Å². The first-order valence-corrected chi connectivity index (χ1v) is 0. The second-order valence-corrected chi connectivity index (χ2v) is 0. The molecule has 0 saturated heterocycles. The van der Waals surface area contributed by atoms with E-state index in [-0.39, 0.29) is 83.4 Å². The fraction of sp³-hybridized carbons (Fsp3) is 0. The molecule has 0 unspecified atom stereocenters. The Morgan fingerprint density at radius 2 is 0.750 bits per heavy atom. The SMILES string of the molecule is [B].[Fe].[Fe].[Nd]. The normalized spacial score (nSPS) is 0. The fourth-order valence-corrected chi connectivity index (χ4v) is 0. The van der Waals surface area contributed by atoms with E-state index in [1.165, 1.54) is 0 Å². The van der Waals surface area contributed by atoms with Crippen LogP contribution in [0.1, 0.15) is 0 Å². The summed E-state index contributed by atoms with van der Waals surface area (Å²) in [5.41, 5.74) is 0. The van der Waals surface area contributed by atoms with Gasteiger partial charge >= 0.3 is 0 Å². The zero-order chi connectivity index (χ0) is 0. The Balaban J connectivity index is 0. The molecular formula is BFe2Nd. The smallest absolute Gasteiger partial charge is 0 e. The van der Waals surface area contributed by atoms with Gasteiger partial charge < -0.3 is 0 Å². The van der Waals surface area contributed by atoms with Gasteiger partial charge in [-0.15, -0.1) is 0 Å². The van der Waals surface area contributed by atoms with Gasteiger partial charge in [0.15, 0.2) is 0 Å². The number of hydrogen-bond donors (Lipinski definition) is 0. The minimum atomic E-state index is 0. The minimum absolute atomic E-state index is 0. The van der Waals surface area contributed by atoms with Crippen LogP contribution in [0.15, 0.2) is 0 Å². The fourth-order valence-electron chi connectivity index (χ4n) is 0. The van der Waals surface area contributed by atoms with Gasteiger partial charge in [-0.2, -0.15) is 0 Å². The van der Waals surface area contributed by atoms with Gasteiger partial charge in [0.25, 0.3) is 0 Å². The van der Waals surface area contributed by atoms with Crippen LogP contribution in [0.2, 0.25) is 0 Å². The van der Waals surface area contributed by atoms with Gasteiger partial charge in [-0.1, -0.05) is 0 Å². The van der Waals surface area contributed by atoms with Crippen LogP contribution in [0.3, 0.4) is 0 Å². The molecule has 0 nitrogen and oxygen atoms in total. The Labute approximate surface area is 81.9 Å². The zero-order valence-electron chi connectivity index (χ0n) is 1.78. The van der Waals surface area contributed by atoms with Crippen molar-refractivity contribution >= 4 is 8.41 Å². The monoisotopic (exact) mass is 265 g/mol. The maximum absolute atomic E-state index is 0. The summed E-state index contributed by atoms with van der Waals surface area (Å²) in [6.45, 7) is 0. The Morgan fingerprint density at radius 1 is 0.750 bits per heavy atom. The summed E-state index contributed by atoms with van der Waals surface area (Å²) in [6.07, 6.45) is 0. The molecule has 0 atom stereocenters. The standard InChI is InChI=1S/B.2Fe.Nd. The Kier molecular flexibility index (Phi) is 143. The quantitative estimate of drug-likeness (QED) is 0.524. The molecule has 0 N–H and O–H groups in total. The molecule has 0 aliphatic carbocycles. The molecule has 0 spiro atoms. The van der Waals surface area contributed by atoms with E-state index in [1.807, 2.05) is 0 Å². The van der Waals surface area contributed by atoms with Crippen molar-refractivity contribution in [1.82, 2.24) is 0 Å². The molecule has 0 bridgehead atoms. The van der Waals surface area contributed by atoms with Crippen molar-refractivity contribution in [2.24, 2.45) is 0 Å². The van der Waals surface area contributed by atoms with E-state index in [0.717, 1.165) is 0 Å². The van der Waals surface area contributed by atoms with Crippen molar-refractivity contribution in [3.05, 3.63) is 0 Å². The molecular weight excluding hydrogens is 267 g/mol. The van der Waals surface area contributed by atoms with Gasteiger partial charge in [-0.3, -0.25) is 0 Å². The molecule has 4 heteroatoms. The molecule has 0 aliphatic rings. The van der Waals surface area contributed by atoms with Gasteiger partial charge in [0, 0.05) is 83.4 Å². The van der Waals surface area contributed by atoms with Crippen LogP contribution >= 0.6 is 0 Å². The third kappa shape index (κ3) is 8.82. The summed E-state index contributed by atoms with van der Waals surface area (Å²) in [7, 11) is 0. The third-order valence-electron chi connectivity index (χ3n) is 0. The van der Waals surface area contributed by atoms with Crippen molar-refractivity contribution in [2.45, 2.75) is 0 Å². The van der Waals surface area contributed by atoms with E-state index in [4.69, 9.17) is 0 Å². The van der Waals surface area contributed by atoms with Crippen molar-refractivity contribution < 1.29 is 75.0 Å². The van der Waals surface area contributed by atoms with Gasteiger partial charge in [0.2, 0.25) is 0 Å². The molecule has 4 heavy (non-hydrogen) atoms. The van der Waals surface area contributed by atoms with E-state index in [0.29, 0.717) is 0 Å². The average Bonchev–Trinajstić information content (AvgIpc) is 0. The van der Waals surface area contributed by atoms with Crippen LogP contribution in [0.25, 0.3) is 0 Å². The largest absolute Gasteiger partial charge is 0 e.